The minimum Gasteiger partial charge on any atom is -0.424 e. The summed E-state index contributed by atoms with van der Waals surface area (Å²) in [5.41, 5.74) is 5.31. The van der Waals surface area contributed by atoms with Crippen LogP contribution in [0.4, 0.5) is 13.2 Å². The maximum absolute atomic E-state index is 12.6. The predicted molar refractivity (Wildman–Crippen MR) is 52.9 cm³/mol. The Labute approximate surface area is 96.4 Å². The normalized spacial score (nSPS) is 26.1. The number of rotatable bonds is 2. The molecule has 0 bridgehead atoms. The summed E-state index contributed by atoms with van der Waals surface area (Å²) in [4.78, 5) is 0. The first-order chi connectivity index (χ1) is 8.00. The van der Waals surface area contributed by atoms with Gasteiger partial charge in [-0.05, 0) is 19.3 Å². The van der Waals surface area contributed by atoms with Crippen LogP contribution < -0.4 is 5.73 Å². The highest BCUT2D eigenvalue weighted by Gasteiger charge is 2.43. The zero-order valence-electron chi connectivity index (χ0n) is 9.20. The average Bonchev–Trinajstić information content (AvgIpc) is 2.76. The molecule has 0 amide bonds. The van der Waals surface area contributed by atoms with Crippen molar-refractivity contribution < 1.29 is 17.6 Å². The van der Waals surface area contributed by atoms with Gasteiger partial charge in [-0.3, -0.25) is 0 Å². The second-order valence-corrected chi connectivity index (χ2v) is 4.34. The van der Waals surface area contributed by atoms with E-state index in [1.54, 1.807) is 0 Å². The van der Waals surface area contributed by atoms with E-state index in [-0.39, 0.29) is 31.2 Å². The average molecular weight is 249 g/mol. The maximum Gasteiger partial charge on any atom is 0.391 e. The number of hydrogen-bond acceptors (Lipinski definition) is 4. The molecule has 4 nitrogen and oxygen atoms in total. The number of nitrogens with zero attached hydrogens (tertiary/aromatic N) is 2. The minimum atomic E-state index is -4.13. The van der Waals surface area contributed by atoms with Crippen LogP contribution >= 0.6 is 0 Å². The van der Waals surface area contributed by atoms with Crippen LogP contribution in [0.3, 0.4) is 0 Å². The molecule has 1 fully saturated rings. The Morgan fingerprint density at radius 1 is 1.29 bits per heavy atom. The Bertz CT molecular complexity index is 377. The van der Waals surface area contributed by atoms with Crippen LogP contribution in [0.2, 0.25) is 0 Å². The van der Waals surface area contributed by atoms with Crippen molar-refractivity contribution in [1.29, 1.82) is 0 Å². The molecule has 17 heavy (non-hydrogen) atoms. The van der Waals surface area contributed by atoms with Gasteiger partial charge in [-0.1, -0.05) is 6.42 Å². The van der Waals surface area contributed by atoms with E-state index >= 15 is 0 Å². The van der Waals surface area contributed by atoms with Crippen molar-refractivity contribution >= 4 is 0 Å². The molecule has 0 aromatic carbocycles. The fraction of sp³-hybridized carbons (Fsp3) is 0.800. The molecule has 1 aliphatic carbocycles. The molecule has 2 unspecified atom stereocenters. The molecule has 1 aromatic heterocycles. The second-order valence-electron chi connectivity index (χ2n) is 4.34. The quantitative estimate of drug-likeness (QED) is 0.873. The van der Waals surface area contributed by atoms with E-state index in [1.165, 1.54) is 0 Å². The van der Waals surface area contributed by atoms with E-state index in [4.69, 9.17) is 10.2 Å². The van der Waals surface area contributed by atoms with Gasteiger partial charge in [-0.25, -0.2) is 0 Å². The number of aromatic nitrogens is 2. The van der Waals surface area contributed by atoms with Gasteiger partial charge in [0.2, 0.25) is 11.8 Å². The number of alkyl halides is 3. The lowest BCUT2D eigenvalue weighted by molar-refractivity contribution is -0.183. The van der Waals surface area contributed by atoms with E-state index in [2.05, 4.69) is 10.2 Å². The summed E-state index contributed by atoms with van der Waals surface area (Å²) in [5.74, 6) is -0.980. The van der Waals surface area contributed by atoms with Crippen molar-refractivity contribution in [2.45, 2.75) is 44.3 Å². The summed E-state index contributed by atoms with van der Waals surface area (Å²) in [6, 6.07) is 0. The highest BCUT2D eigenvalue weighted by molar-refractivity contribution is 4.95. The van der Waals surface area contributed by atoms with E-state index in [9.17, 15) is 13.2 Å². The van der Waals surface area contributed by atoms with E-state index in [0.29, 0.717) is 18.7 Å². The van der Waals surface area contributed by atoms with Gasteiger partial charge in [0.1, 0.15) is 0 Å². The Morgan fingerprint density at radius 3 is 2.65 bits per heavy atom. The molecule has 2 rings (SSSR count). The van der Waals surface area contributed by atoms with Crippen LogP contribution in [0.15, 0.2) is 4.42 Å². The number of halogens is 3. The molecule has 2 N–H and O–H groups in total. The first kappa shape index (κ1) is 12.3. The maximum atomic E-state index is 12.6. The van der Waals surface area contributed by atoms with Crippen molar-refractivity contribution in [3.05, 3.63) is 11.8 Å². The fourth-order valence-electron chi connectivity index (χ4n) is 2.23. The van der Waals surface area contributed by atoms with E-state index < -0.39 is 12.1 Å². The minimum absolute atomic E-state index is 0.0374. The Balaban J connectivity index is 2.06. The molecule has 1 heterocycles. The zero-order chi connectivity index (χ0) is 12.5. The number of hydrogen-bond donors (Lipinski definition) is 1. The van der Waals surface area contributed by atoms with Gasteiger partial charge in [0, 0.05) is 5.92 Å². The highest BCUT2D eigenvalue weighted by Crippen LogP contribution is 2.43. The molecule has 1 aromatic rings. The van der Waals surface area contributed by atoms with Crippen molar-refractivity contribution in [2.24, 2.45) is 11.7 Å². The van der Waals surface area contributed by atoms with Crippen molar-refractivity contribution in [3.8, 4) is 0 Å². The smallest absolute Gasteiger partial charge is 0.391 e. The third-order valence-electron chi connectivity index (χ3n) is 3.14. The standard InChI is InChI=1S/C10H14F3N3O/c11-10(12,13)7-3-1-2-6(4-7)9-16-15-8(5-14)17-9/h6-7H,1-5,14H2. The SMILES string of the molecule is NCc1nnc(C2CCCC(C(F)(F)F)C2)o1. The van der Waals surface area contributed by atoms with Gasteiger partial charge in [0.25, 0.3) is 0 Å². The molecule has 0 aliphatic heterocycles. The van der Waals surface area contributed by atoms with Crippen molar-refractivity contribution in [3.63, 3.8) is 0 Å². The first-order valence-corrected chi connectivity index (χ1v) is 5.59. The highest BCUT2D eigenvalue weighted by atomic mass is 19.4. The summed E-state index contributed by atoms with van der Waals surface area (Å²) in [7, 11) is 0. The summed E-state index contributed by atoms with van der Waals surface area (Å²) in [6.45, 7) is 0.114. The Hall–Kier alpha value is -1.11. The Morgan fingerprint density at radius 2 is 2.06 bits per heavy atom. The van der Waals surface area contributed by atoms with Gasteiger partial charge in [-0.2, -0.15) is 13.2 Å². The van der Waals surface area contributed by atoms with Crippen LogP contribution in [0.5, 0.6) is 0 Å². The lowest BCUT2D eigenvalue weighted by atomic mass is 9.81. The van der Waals surface area contributed by atoms with E-state index in [0.717, 1.165) is 0 Å². The predicted octanol–water partition coefficient (Wildman–Crippen LogP) is 2.36. The molecule has 1 saturated carbocycles. The Kier molecular flexibility index (Phi) is 3.37. The second kappa shape index (κ2) is 4.64. The van der Waals surface area contributed by atoms with Crippen LogP contribution in [0.25, 0.3) is 0 Å². The molecular formula is C10H14F3N3O. The first-order valence-electron chi connectivity index (χ1n) is 5.59. The lowest BCUT2D eigenvalue weighted by Gasteiger charge is -2.28. The topological polar surface area (TPSA) is 64.9 Å². The van der Waals surface area contributed by atoms with Gasteiger partial charge >= 0.3 is 6.18 Å². The van der Waals surface area contributed by atoms with E-state index in [1.807, 2.05) is 0 Å². The van der Waals surface area contributed by atoms with Crippen molar-refractivity contribution in [2.75, 3.05) is 0 Å². The summed E-state index contributed by atoms with van der Waals surface area (Å²) in [5, 5.41) is 7.44. The van der Waals surface area contributed by atoms with Gasteiger partial charge < -0.3 is 10.2 Å². The van der Waals surface area contributed by atoms with Crippen LogP contribution in [-0.4, -0.2) is 16.4 Å². The summed E-state index contributed by atoms with van der Waals surface area (Å²) in [6.07, 6.45) is -2.70. The van der Waals surface area contributed by atoms with Crippen LogP contribution in [-0.2, 0) is 6.54 Å². The monoisotopic (exact) mass is 249 g/mol. The molecule has 96 valence electrons. The van der Waals surface area contributed by atoms with Gasteiger partial charge in [-0.15, -0.1) is 10.2 Å². The molecule has 2 atom stereocenters. The molecular weight excluding hydrogens is 235 g/mol. The largest absolute Gasteiger partial charge is 0.424 e. The zero-order valence-corrected chi connectivity index (χ0v) is 9.20. The number of nitrogens with two attached hydrogens (primary N) is 1. The summed E-state index contributed by atoms with van der Waals surface area (Å²) >= 11 is 0. The molecule has 7 heteroatoms. The third-order valence-corrected chi connectivity index (χ3v) is 3.14. The van der Waals surface area contributed by atoms with Gasteiger partial charge in [0.15, 0.2) is 0 Å². The fourth-order valence-corrected chi connectivity index (χ4v) is 2.23. The molecule has 0 saturated heterocycles. The van der Waals surface area contributed by atoms with Crippen LogP contribution in [0, 0.1) is 5.92 Å². The third kappa shape index (κ3) is 2.77. The van der Waals surface area contributed by atoms with Crippen molar-refractivity contribution in [1.82, 2.24) is 10.2 Å². The molecule has 1 aliphatic rings. The molecule has 0 spiro atoms. The lowest BCUT2D eigenvalue weighted by Crippen LogP contribution is -2.28. The van der Waals surface area contributed by atoms with Gasteiger partial charge in [0.05, 0.1) is 12.5 Å². The summed E-state index contributed by atoms with van der Waals surface area (Å²) < 4.78 is 43.1. The van der Waals surface area contributed by atoms with Crippen LogP contribution in [0.1, 0.15) is 43.4 Å². The molecule has 0 radical (unpaired) electrons.